The van der Waals surface area contributed by atoms with Crippen LogP contribution >= 0.6 is 0 Å². The number of sulfonamides is 1. The Balaban J connectivity index is 2.70. The molecule has 0 aliphatic rings. The first-order chi connectivity index (χ1) is 7.41. The number of nitrogens with one attached hydrogen (secondary N) is 1. The summed E-state index contributed by atoms with van der Waals surface area (Å²) in [5.41, 5.74) is 0.659. The molecule has 0 spiro atoms. The van der Waals surface area contributed by atoms with Gasteiger partial charge in [-0.15, -0.1) is 0 Å². The molecule has 0 bridgehead atoms. The SMILES string of the molecule is CC(C)C(=O)NS(=O)(=O)Cc1ccccc1. The maximum absolute atomic E-state index is 11.6. The standard InChI is InChI=1S/C11H15NO3S/c1-9(2)11(13)12-16(14,15)8-10-6-4-3-5-7-10/h3-7,9H,8H2,1-2H3,(H,12,13). The van der Waals surface area contributed by atoms with Gasteiger partial charge in [0.1, 0.15) is 0 Å². The second kappa shape index (κ2) is 5.12. The summed E-state index contributed by atoms with van der Waals surface area (Å²) in [5, 5.41) is 0. The third-order valence-corrected chi connectivity index (χ3v) is 3.21. The van der Waals surface area contributed by atoms with Crippen molar-refractivity contribution in [1.29, 1.82) is 0 Å². The zero-order valence-corrected chi connectivity index (χ0v) is 10.1. The molecule has 0 saturated heterocycles. The highest BCUT2D eigenvalue weighted by Crippen LogP contribution is 2.04. The minimum absolute atomic E-state index is 0.174. The number of carbonyl (C=O) groups is 1. The van der Waals surface area contributed by atoms with Gasteiger partial charge in [0.25, 0.3) is 0 Å². The Kier molecular flexibility index (Phi) is 4.06. The van der Waals surface area contributed by atoms with Gasteiger partial charge in [-0.2, -0.15) is 0 Å². The van der Waals surface area contributed by atoms with Crippen LogP contribution in [-0.4, -0.2) is 14.3 Å². The third kappa shape index (κ3) is 4.02. The zero-order chi connectivity index (χ0) is 12.2. The summed E-state index contributed by atoms with van der Waals surface area (Å²) >= 11 is 0. The van der Waals surface area contributed by atoms with E-state index in [1.54, 1.807) is 38.1 Å². The number of carbonyl (C=O) groups excluding carboxylic acids is 1. The molecule has 1 aromatic rings. The fraction of sp³-hybridized carbons (Fsp3) is 0.364. The minimum atomic E-state index is -3.58. The van der Waals surface area contributed by atoms with Crippen LogP contribution in [0.1, 0.15) is 19.4 Å². The smallest absolute Gasteiger partial charge is 0.239 e. The normalized spacial score (nSPS) is 11.4. The molecule has 0 aromatic heterocycles. The van der Waals surface area contributed by atoms with Crippen molar-refractivity contribution in [2.45, 2.75) is 19.6 Å². The van der Waals surface area contributed by atoms with Crippen molar-refractivity contribution in [3.05, 3.63) is 35.9 Å². The van der Waals surface area contributed by atoms with Crippen LogP contribution in [0.5, 0.6) is 0 Å². The van der Waals surface area contributed by atoms with Crippen LogP contribution in [0.25, 0.3) is 0 Å². The quantitative estimate of drug-likeness (QED) is 0.864. The Hall–Kier alpha value is -1.36. The van der Waals surface area contributed by atoms with Crippen LogP contribution in [0, 0.1) is 5.92 Å². The zero-order valence-electron chi connectivity index (χ0n) is 9.30. The van der Waals surface area contributed by atoms with Crippen molar-refractivity contribution in [3.8, 4) is 0 Å². The van der Waals surface area contributed by atoms with E-state index in [4.69, 9.17) is 0 Å². The lowest BCUT2D eigenvalue weighted by molar-refractivity contribution is -0.122. The minimum Gasteiger partial charge on any atom is -0.274 e. The fourth-order valence-corrected chi connectivity index (χ4v) is 2.35. The van der Waals surface area contributed by atoms with Crippen molar-refractivity contribution in [2.75, 3.05) is 0 Å². The molecular weight excluding hydrogens is 226 g/mol. The molecule has 5 heteroatoms. The Morgan fingerprint density at radius 3 is 2.31 bits per heavy atom. The molecule has 16 heavy (non-hydrogen) atoms. The van der Waals surface area contributed by atoms with E-state index in [1.807, 2.05) is 10.8 Å². The monoisotopic (exact) mass is 241 g/mol. The maximum atomic E-state index is 11.6. The van der Waals surface area contributed by atoms with E-state index in [1.165, 1.54) is 0 Å². The van der Waals surface area contributed by atoms with E-state index in [2.05, 4.69) is 0 Å². The van der Waals surface area contributed by atoms with Gasteiger partial charge in [-0.25, -0.2) is 8.42 Å². The lowest BCUT2D eigenvalue weighted by atomic mass is 10.2. The molecule has 1 N–H and O–H groups in total. The highest BCUT2D eigenvalue weighted by molar-refractivity contribution is 7.89. The lowest BCUT2D eigenvalue weighted by Gasteiger charge is -2.08. The Bertz CT molecular complexity index is 451. The van der Waals surface area contributed by atoms with E-state index in [9.17, 15) is 13.2 Å². The summed E-state index contributed by atoms with van der Waals surface area (Å²) in [6.07, 6.45) is 0. The summed E-state index contributed by atoms with van der Waals surface area (Å²) in [5.74, 6) is -0.992. The van der Waals surface area contributed by atoms with Crippen LogP contribution in [-0.2, 0) is 20.6 Å². The first-order valence-electron chi connectivity index (χ1n) is 4.99. The van der Waals surface area contributed by atoms with Crippen LogP contribution < -0.4 is 4.72 Å². The van der Waals surface area contributed by atoms with Gasteiger partial charge in [0.2, 0.25) is 15.9 Å². The van der Waals surface area contributed by atoms with Crippen molar-refractivity contribution in [1.82, 2.24) is 4.72 Å². The van der Waals surface area contributed by atoms with E-state index in [0.29, 0.717) is 5.56 Å². The molecule has 0 radical (unpaired) electrons. The molecular formula is C11H15NO3S. The van der Waals surface area contributed by atoms with Crippen molar-refractivity contribution < 1.29 is 13.2 Å². The van der Waals surface area contributed by atoms with Gasteiger partial charge in [-0.3, -0.25) is 9.52 Å². The first kappa shape index (κ1) is 12.7. The van der Waals surface area contributed by atoms with Crippen LogP contribution in [0.2, 0.25) is 0 Å². The van der Waals surface area contributed by atoms with Crippen molar-refractivity contribution >= 4 is 15.9 Å². The molecule has 0 atom stereocenters. The summed E-state index contributed by atoms with van der Waals surface area (Å²) in [7, 11) is -3.58. The fourth-order valence-electron chi connectivity index (χ4n) is 1.10. The van der Waals surface area contributed by atoms with Gasteiger partial charge < -0.3 is 0 Å². The predicted molar refractivity (Wildman–Crippen MR) is 62.0 cm³/mol. The Morgan fingerprint density at radius 1 is 1.25 bits per heavy atom. The summed E-state index contributed by atoms with van der Waals surface area (Å²) < 4.78 is 25.2. The van der Waals surface area contributed by atoms with Crippen LogP contribution in [0.4, 0.5) is 0 Å². The molecule has 0 aliphatic heterocycles. The Labute approximate surface area is 95.7 Å². The second-order valence-corrected chi connectivity index (χ2v) is 5.59. The molecule has 0 aliphatic carbocycles. The van der Waals surface area contributed by atoms with Gasteiger partial charge in [0.05, 0.1) is 5.75 Å². The van der Waals surface area contributed by atoms with Gasteiger partial charge >= 0.3 is 0 Å². The third-order valence-electron chi connectivity index (χ3n) is 1.98. The van der Waals surface area contributed by atoms with Crippen LogP contribution in [0.15, 0.2) is 30.3 Å². The average Bonchev–Trinajstić information content (AvgIpc) is 2.17. The molecule has 1 amide bonds. The molecule has 1 rings (SSSR count). The molecule has 0 unspecified atom stereocenters. The highest BCUT2D eigenvalue weighted by atomic mass is 32.2. The lowest BCUT2D eigenvalue weighted by Crippen LogP contribution is -2.34. The summed E-state index contributed by atoms with van der Waals surface area (Å²) in [6.45, 7) is 3.29. The molecule has 88 valence electrons. The summed E-state index contributed by atoms with van der Waals surface area (Å²) in [4.78, 5) is 11.3. The molecule has 4 nitrogen and oxygen atoms in total. The predicted octanol–water partition coefficient (Wildman–Crippen LogP) is 1.29. The van der Waals surface area contributed by atoms with E-state index < -0.39 is 15.9 Å². The number of rotatable bonds is 4. The van der Waals surface area contributed by atoms with E-state index in [-0.39, 0.29) is 11.7 Å². The van der Waals surface area contributed by atoms with Gasteiger partial charge in [0, 0.05) is 5.92 Å². The molecule has 0 saturated carbocycles. The van der Waals surface area contributed by atoms with Crippen molar-refractivity contribution in [3.63, 3.8) is 0 Å². The van der Waals surface area contributed by atoms with E-state index >= 15 is 0 Å². The average molecular weight is 241 g/mol. The largest absolute Gasteiger partial charge is 0.274 e. The van der Waals surface area contributed by atoms with Gasteiger partial charge in [0.15, 0.2) is 0 Å². The maximum Gasteiger partial charge on any atom is 0.239 e. The topological polar surface area (TPSA) is 63.2 Å². The first-order valence-corrected chi connectivity index (χ1v) is 6.64. The van der Waals surface area contributed by atoms with Gasteiger partial charge in [-0.05, 0) is 5.56 Å². The van der Waals surface area contributed by atoms with Crippen LogP contribution in [0.3, 0.4) is 0 Å². The number of benzene rings is 1. The van der Waals surface area contributed by atoms with E-state index in [0.717, 1.165) is 0 Å². The second-order valence-electron chi connectivity index (χ2n) is 3.87. The molecule has 1 aromatic carbocycles. The number of hydrogen-bond donors (Lipinski definition) is 1. The summed E-state index contributed by atoms with van der Waals surface area (Å²) in [6, 6.07) is 8.74. The number of hydrogen-bond acceptors (Lipinski definition) is 3. The van der Waals surface area contributed by atoms with Gasteiger partial charge in [-0.1, -0.05) is 44.2 Å². The molecule has 0 fully saturated rings. The number of amides is 1. The highest BCUT2D eigenvalue weighted by Gasteiger charge is 2.17. The van der Waals surface area contributed by atoms with Crippen molar-refractivity contribution in [2.24, 2.45) is 5.92 Å². The molecule has 0 heterocycles. The Morgan fingerprint density at radius 2 is 1.81 bits per heavy atom.